The Balaban J connectivity index is 2.99. The Morgan fingerprint density at radius 1 is 1.50 bits per heavy atom. The summed E-state index contributed by atoms with van der Waals surface area (Å²) in [6.45, 7) is 0.0208. The van der Waals surface area contributed by atoms with E-state index in [1.54, 1.807) is 6.07 Å². The molecule has 0 fully saturated rings. The van der Waals surface area contributed by atoms with Crippen molar-refractivity contribution in [3.8, 4) is 5.75 Å². The van der Waals surface area contributed by atoms with Gasteiger partial charge in [-0.05, 0) is 25.0 Å². The first-order valence-corrected chi connectivity index (χ1v) is 4.70. The Morgan fingerprint density at radius 2 is 2.21 bits per heavy atom. The van der Waals surface area contributed by atoms with Crippen molar-refractivity contribution >= 4 is 11.6 Å². The van der Waals surface area contributed by atoms with Crippen molar-refractivity contribution in [3.05, 3.63) is 28.5 Å². The van der Waals surface area contributed by atoms with Crippen LogP contribution in [0.15, 0.2) is 12.1 Å². The van der Waals surface area contributed by atoms with Gasteiger partial charge in [0.15, 0.2) is 11.6 Å². The fourth-order valence-electron chi connectivity index (χ4n) is 1.22. The molecule has 2 nitrogen and oxygen atoms in total. The number of ether oxygens (including phenoxy) is 1. The summed E-state index contributed by atoms with van der Waals surface area (Å²) in [5, 5.41) is 9.01. The molecule has 0 saturated carbocycles. The zero-order chi connectivity index (χ0) is 10.6. The molecule has 4 heteroatoms. The number of rotatable bonds is 4. The third kappa shape index (κ3) is 2.36. The third-order valence-electron chi connectivity index (χ3n) is 1.96. The molecule has 0 atom stereocenters. The lowest BCUT2D eigenvalue weighted by Crippen LogP contribution is -1.98. The molecule has 0 saturated heterocycles. The van der Waals surface area contributed by atoms with Crippen LogP contribution in [0.2, 0.25) is 5.02 Å². The molecule has 78 valence electrons. The van der Waals surface area contributed by atoms with E-state index in [0.717, 1.165) is 0 Å². The van der Waals surface area contributed by atoms with Crippen LogP contribution in [0.4, 0.5) is 4.39 Å². The second-order valence-corrected chi connectivity index (χ2v) is 3.28. The van der Waals surface area contributed by atoms with Crippen molar-refractivity contribution < 1.29 is 14.2 Å². The quantitative estimate of drug-likeness (QED) is 0.841. The normalized spacial score (nSPS) is 10.3. The molecular formula is C10H12ClFO2. The minimum atomic E-state index is -0.437. The van der Waals surface area contributed by atoms with E-state index in [9.17, 15) is 4.39 Å². The maximum atomic E-state index is 13.6. The maximum absolute atomic E-state index is 13.6. The number of methoxy groups -OCH3 is 1. The smallest absolute Gasteiger partial charge is 0.169 e. The van der Waals surface area contributed by atoms with Gasteiger partial charge in [0.2, 0.25) is 0 Å². The molecule has 14 heavy (non-hydrogen) atoms. The molecule has 0 spiro atoms. The fourth-order valence-corrected chi connectivity index (χ4v) is 1.46. The molecule has 1 aromatic rings. The van der Waals surface area contributed by atoms with E-state index in [1.165, 1.54) is 13.2 Å². The molecular weight excluding hydrogens is 207 g/mol. The predicted octanol–water partition coefficient (Wildman–Crippen LogP) is 2.41. The van der Waals surface area contributed by atoms with E-state index < -0.39 is 5.82 Å². The Morgan fingerprint density at radius 3 is 2.79 bits per heavy atom. The Bertz CT molecular complexity index is 315. The van der Waals surface area contributed by atoms with Gasteiger partial charge in [-0.2, -0.15) is 0 Å². The van der Waals surface area contributed by atoms with Crippen LogP contribution in [-0.2, 0) is 6.42 Å². The molecule has 0 aromatic heterocycles. The summed E-state index contributed by atoms with van der Waals surface area (Å²) < 4.78 is 18.4. The average molecular weight is 219 g/mol. The third-order valence-corrected chi connectivity index (χ3v) is 2.31. The Labute approximate surface area is 87.3 Å². The first-order chi connectivity index (χ1) is 6.70. The lowest BCUT2D eigenvalue weighted by molar-refractivity contribution is 0.287. The first-order valence-electron chi connectivity index (χ1n) is 4.32. The highest BCUT2D eigenvalue weighted by atomic mass is 35.5. The topological polar surface area (TPSA) is 29.5 Å². The molecule has 0 amide bonds. The SMILES string of the molecule is COc1ccc(Cl)c(CCCO)c1F. The summed E-state index contributed by atoms with van der Waals surface area (Å²) in [7, 11) is 1.40. The van der Waals surface area contributed by atoms with Gasteiger partial charge < -0.3 is 9.84 Å². The van der Waals surface area contributed by atoms with Gasteiger partial charge >= 0.3 is 0 Å². The molecule has 0 aliphatic heterocycles. The van der Waals surface area contributed by atoms with Gasteiger partial charge in [-0.25, -0.2) is 4.39 Å². The minimum Gasteiger partial charge on any atom is -0.494 e. The summed E-state index contributed by atoms with van der Waals surface area (Å²) in [4.78, 5) is 0. The lowest BCUT2D eigenvalue weighted by atomic mass is 10.1. The van der Waals surface area contributed by atoms with E-state index in [0.29, 0.717) is 23.4 Å². The van der Waals surface area contributed by atoms with Gasteiger partial charge in [-0.1, -0.05) is 11.6 Å². The van der Waals surface area contributed by atoms with Crippen molar-refractivity contribution in [2.75, 3.05) is 13.7 Å². The average Bonchev–Trinajstić information content (AvgIpc) is 2.18. The fraction of sp³-hybridized carbons (Fsp3) is 0.400. The highest BCUT2D eigenvalue weighted by molar-refractivity contribution is 6.31. The second-order valence-electron chi connectivity index (χ2n) is 2.87. The van der Waals surface area contributed by atoms with Crippen LogP contribution >= 0.6 is 11.6 Å². The van der Waals surface area contributed by atoms with Gasteiger partial charge in [0.1, 0.15) is 0 Å². The summed E-state index contributed by atoms with van der Waals surface area (Å²) in [6, 6.07) is 3.08. The maximum Gasteiger partial charge on any atom is 0.169 e. The van der Waals surface area contributed by atoms with Crippen molar-refractivity contribution in [1.29, 1.82) is 0 Å². The van der Waals surface area contributed by atoms with Gasteiger partial charge in [-0.15, -0.1) is 0 Å². The van der Waals surface area contributed by atoms with Crippen molar-refractivity contribution in [1.82, 2.24) is 0 Å². The Hall–Kier alpha value is -0.800. The first kappa shape index (κ1) is 11.3. The van der Waals surface area contributed by atoms with Crippen molar-refractivity contribution in [2.45, 2.75) is 12.8 Å². The van der Waals surface area contributed by atoms with Crippen LogP contribution < -0.4 is 4.74 Å². The summed E-state index contributed by atoms with van der Waals surface area (Å²) in [6.07, 6.45) is 0.905. The largest absolute Gasteiger partial charge is 0.494 e. The summed E-state index contributed by atoms with van der Waals surface area (Å²) >= 11 is 5.82. The van der Waals surface area contributed by atoms with Crippen molar-refractivity contribution in [3.63, 3.8) is 0 Å². The Kier molecular flexibility index (Phi) is 4.17. The monoisotopic (exact) mass is 218 g/mol. The number of hydrogen-bond acceptors (Lipinski definition) is 2. The zero-order valence-electron chi connectivity index (χ0n) is 7.89. The van der Waals surface area contributed by atoms with Crippen LogP contribution in [0.3, 0.4) is 0 Å². The van der Waals surface area contributed by atoms with Crippen LogP contribution in [0.1, 0.15) is 12.0 Å². The standard InChI is InChI=1S/C10H12ClFO2/c1-14-9-5-4-8(11)7(10(9)12)3-2-6-13/h4-5,13H,2-3,6H2,1H3. The minimum absolute atomic E-state index is 0.0208. The number of benzene rings is 1. The van der Waals surface area contributed by atoms with E-state index in [-0.39, 0.29) is 12.4 Å². The summed E-state index contributed by atoms with van der Waals surface area (Å²) in [5.74, 6) is -0.254. The summed E-state index contributed by atoms with van der Waals surface area (Å²) in [5.41, 5.74) is 0.403. The molecule has 1 aromatic carbocycles. The van der Waals surface area contributed by atoms with Gasteiger partial charge in [0.05, 0.1) is 7.11 Å². The van der Waals surface area contributed by atoms with Gasteiger partial charge in [0, 0.05) is 17.2 Å². The molecule has 0 bridgehead atoms. The van der Waals surface area contributed by atoms with Gasteiger partial charge in [0.25, 0.3) is 0 Å². The van der Waals surface area contributed by atoms with E-state index in [4.69, 9.17) is 21.4 Å². The van der Waals surface area contributed by atoms with E-state index in [1.807, 2.05) is 0 Å². The highest BCUT2D eigenvalue weighted by Gasteiger charge is 2.12. The molecule has 0 aliphatic rings. The molecule has 1 rings (SSSR count). The van der Waals surface area contributed by atoms with Crippen LogP contribution in [0, 0.1) is 5.82 Å². The van der Waals surface area contributed by atoms with Crippen LogP contribution in [0.5, 0.6) is 5.75 Å². The second kappa shape index (κ2) is 5.17. The van der Waals surface area contributed by atoms with Crippen molar-refractivity contribution in [2.24, 2.45) is 0 Å². The highest BCUT2D eigenvalue weighted by Crippen LogP contribution is 2.27. The zero-order valence-corrected chi connectivity index (χ0v) is 8.64. The molecule has 0 heterocycles. The molecule has 0 unspecified atom stereocenters. The number of halogens is 2. The molecule has 1 N–H and O–H groups in total. The van der Waals surface area contributed by atoms with Crippen LogP contribution in [-0.4, -0.2) is 18.8 Å². The molecule has 0 radical (unpaired) electrons. The van der Waals surface area contributed by atoms with E-state index >= 15 is 0 Å². The van der Waals surface area contributed by atoms with Gasteiger partial charge in [-0.3, -0.25) is 0 Å². The van der Waals surface area contributed by atoms with E-state index in [2.05, 4.69) is 0 Å². The number of aliphatic hydroxyl groups is 1. The molecule has 0 aliphatic carbocycles. The predicted molar refractivity (Wildman–Crippen MR) is 53.4 cm³/mol. The number of hydrogen-bond donors (Lipinski definition) is 1. The number of aliphatic hydroxyl groups excluding tert-OH is 1. The van der Waals surface area contributed by atoms with Crippen LogP contribution in [0.25, 0.3) is 0 Å². The lowest BCUT2D eigenvalue weighted by Gasteiger charge is -2.08.